The van der Waals surface area contributed by atoms with E-state index in [1.165, 1.54) is 0 Å². The molecule has 1 aromatic heterocycles. The van der Waals surface area contributed by atoms with E-state index in [0.29, 0.717) is 5.71 Å². The van der Waals surface area contributed by atoms with Gasteiger partial charge in [-0.1, -0.05) is 35.5 Å². The molecule has 0 saturated carbocycles. The Morgan fingerprint density at radius 2 is 2.00 bits per heavy atom. The van der Waals surface area contributed by atoms with Crippen LogP contribution in [0.4, 0.5) is 0 Å². The molecule has 1 heterocycles. The smallest absolute Gasteiger partial charge is 0.112 e. The highest BCUT2D eigenvalue weighted by Gasteiger charge is 2.28. The van der Waals surface area contributed by atoms with E-state index >= 15 is 0 Å². The lowest BCUT2D eigenvalue weighted by atomic mass is 9.92. The summed E-state index contributed by atoms with van der Waals surface area (Å²) in [6, 6.07) is 9.62. The molecule has 0 radical (unpaired) electrons. The number of aromatic nitrogens is 2. The van der Waals surface area contributed by atoms with Gasteiger partial charge >= 0.3 is 0 Å². The van der Waals surface area contributed by atoms with Gasteiger partial charge in [0.15, 0.2) is 0 Å². The van der Waals surface area contributed by atoms with E-state index in [1.54, 1.807) is 12.5 Å². The first-order valence-corrected chi connectivity index (χ1v) is 5.42. The molecule has 1 aromatic carbocycles. The fourth-order valence-electron chi connectivity index (χ4n) is 1.84. The Morgan fingerprint density at radius 1 is 1.29 bits per heavy atom. The topological polar surface area (TPSA) is 50.4 Å². The Labute approximate surface area is 100 Å². The summed E-state index contributed by atoms with van der Waals surface area (Å²) >= 11 is 0. The maximum absolute atomic E-state index is 9.27. The second-order valence-electron chi connectivity index (χ2n) is 4.34. The Balaban J connectivity index is 2.45. The van der Waals surface area contributed by atoms with E-state index in [-0.39, 0.29) is 0 Å². The fraction of sp³-hybridized carbons (Fsp3) is 0.231. The average molecular weight is 229 g/mol. The lowest BCUT2D eigenvalue weighted by molar-refractivity contribution is 0.309. The Hall–Kier alpha value is -2.10. The minimum absolute atomic E-state index is 0.452. The van der Waals surface area contributed by atoms with Crippen molar-refractivity contribution in [1.82, 2.24) is 9.55 Å². The summed E-state index contributed by atoms with van der Waals surface area (Å²) in [7, 11) is 0. The molecule has 0 atom stereocenters. The van der Waals surface area contributed by atoms with Gasteiger partial charge in [0.05, 0.1) is 11.9 Å². The van der Waals surface area contributed by atoms with Gasteiger partial charge in [-0.15, -0.1) is 0 Å². The predicted octanol–water partition coefficient (Wildman–Crippen LogP) is 2.50. The largest absolute Gasteiger partial charge is 0.411 e. The van der Waals surface area contributed by atoms with E-state index in [9.17, 15) is 5.21 Å². The van der Waals surface area contributed by atoms with Gasteiger partial charge in [0.1, 0.15) is 5.71 Å². The maximum Gasteiger partial charge on any atom is 0.112 e. The van der Waals surface area contributed by atoms with Crippen LogP contribution in [0.3, 0.4) is 0 Å². The molecule has 17 heavy (non-hydrogen) atoms. The van der Waals surface area contributed by atoms with Crippen molar-refractivity contribution in [2.45, 2.75) is 19.4 Å². The van der Waals surface area contributed by atoms with E-state index in [0.717, 1.165) is 5.56 Å². The summed E-state index contributed by atoms with van der Waals surface area (Å²) in [4.78, 5) is 4.03. The number of oxime groups is 1. The monoisotopic (exact) mass is 229 g/mol. The number of imidazole rings is 1. The molecule has 0 fully saturated rings. The molecule has 1 N–H and O–H groups in total. The molecule has 0 aliphatic rings. The van der Waals surface area contributed by atoms with Crippen molar-refractivity contribution in [3.05, 3.63) is 54.6 Å². The second-order valence-corrected chi connectivity index (χ2v) is 4.34. The molecule has 0 aliphatic carbocycles. The number of nitrogens with zero attached hydrogens (tertiary/aromatic N) is 3. The summed E-state index contributed by atoms with van der Waals surface area (Å²) in [6.07, 6.45) is 5.28. The van der Waals surface area contributed by atoms with Crippen LogP contribution in [0.25, 0.3) is 0 Å². The van der Waals surface area contributed by atoms with Gasteiger partial charge in [-0.05, 0) is 13.8 Å². The van der Waals surface area contributed by atoms with Crippen LogP contribution in [0.15, 0.2) is 54.2 Å². The highest BCUT2D eigenvalue weighted by Crippen LogP contribution is 2.21. The zero-order valence-electron chi connectivity index (χ0n) is 9.91. The summed E-state index contributed by atoms with van der Waals surface area (Å²) < 4.78 is 1.91. The average Bonchev–Trinajstić information content (AvgIpc) is 2.85. The first kappa shape index (κ1) is 11.4. The fourth-order valence-corrected chi connectivity index (χ4v) is 1.84. The van der Waals surface area contributed by atoms with Crippen LogP contribution < -0.4 is 0 Å². The molecule has 2 aromatic rings. The van der Waals surface area contributed by atoms with Crippen molar-refractivity contribution in [2.75, 3.05) is 0 Å². The van der Waals surface area contributed by atoms with Crippen LogP contribution in [0, 0.1) is 0 Å². The zero-order chi connectivity index (χ0) is 12.3. The second kappa shape index (κ2) is 4.41. The predicted molar refractivity (Wildman–Crippen MR) is 66.3 cm³/mol. The number of benzene rings is 1. The van der Waals surface area contributed by atoms with Crippen molar-refractivity contribution in [3.8, 4) is 0 Å². The third-order valence-corrected chi connectivity index (χ3v) is 2.88. The van der Waals surface area contributed by atoms with E-state index < -0.39 is 5.54 Å². The lowest BCUT2D eigenvalue weighted by Crippen LogP contribution is -2.35. The standard InChI is InChI=1S/C13H15N3O/c1-13(2,16-9-8-14-10-16)12(15-17)11-6-4-3-5-7-11/h3-10,17H,1-2H3. The summed E-state index contributed by atoms with van der Waals surface area (Å²) in [6.45, 7) is 3.97. The molecule has 4 nitrogen and oxygen atoms in total. The van der Waals surface area contributed by atoms with Gasteiger partial charge in [-0.25, -0.2) is 4.98 Å². The molecule has 0 aliphatic heterocycles. The van der Waals surface area contributed by atoms with Gasteiger partial charge in [-0.3, -0.25) is 0 Å². The molecule has 4 heteroatoms. The van der Waals surface area contributed by atoms with Crippen LogP contribution in [-0.4, -0.2) is 20.5 Å². The molecular weight excluding hydrogens is 214 g/mol. The Bertz CT molecular complexity index is 501. The summed E-state index contributed by atoms with van der Waals surface area (Å²) in [5.74, 6) is 0. The van der Waals surface area contributed by atoms with Crippen LogP contribution in [0.2, 0.25) is 0 Å². The van der Waals surface area contributed by atoms with Crippen molar-refractivity contribution in [3.63, 3.8) is 0 Å². The highest BCUT2D eigenvalue weighted by molar-refractivity contribution is 6.05. The van der Waals surface area contributed by atoms with Gasteiger partial charge in [0.2, 0.25) is 0 Å². The molecule has 0 spiro atoms. The SMILES string of the molecule is CC(C)(C(=NO)c1ccccc1)n1ccnc1. The van der Waals surface area contributed by atoms with E-state index in [4.69, 9.17) is 0 Å². The molecule has 0 unspecified atom stereocenters. The summed E-state index contributed by atoms with van der Waals surface area (Å²) in [5, 5.41) is 12.7. The van der Waals surface area contributed by atoms with Crippen molar-refractivity contribution in [2.24, 2.45) is 5.16 Å². The maximum atomic E-state index is 9.27. The number of hydrogen-bond donors (Lipinski definition) is 1. The molecule has 0 bridgehead atoms. The summed E-state index contributed by atoms with van der Waals surface area (Å²) in [5.41, 5.74) is 1.05. The normalized spacial score (nSPS) is 12.7. The van der Waals surface area contributed by atoms with Crippen molar-refractivity contribution in [1.29, 1.82) is 0 Å². The first-order chi connectivity index (χ1) is 8.16. The number of rotatable bonds is 3. The zero-order valence-corrected chi connectivity index (χ0v) is 9.91. The van der Waals surface area contributed by atoms with Crippen LogP contribution in [0.1, 0.15) is 19.4 Å². The minimum atomic E-state index is -0.452. The highest BCUT2D eigenvalue weighted by atomic mass is 16.4. The van der Waals surface area contributed by atoms with Crippen molar-refractivity contribution < 1.29 is 5.21 Å². The van der Waals surface area contributed by atoms with Crippen LogP contribution in [-0.2, 0) is 5.54 Å². The minimum Gasteiger partial charge on any atom is -0.411 e. The van der Waals surface area contributed by atoms with E-state index in [2.05, 4.69) is 10.1 Å². The third-order valence-electron chi connectivity index (χ3n) is 2.88. The molecule has 88 valence electrons. The molecule has 0 saturated heterocycles. The van der Waals surface area contributed by atoms with Gasteiger partial charge in [-0.2, -0.15) is 0 Å². The van der Waals surface area contributed by atoms with Crippen molar-refractivity contribution >= 4 is 5.71 Å². The molecular formula is C13H15N3O. The Morgan fingerprint density at radius 3 is 2.53 bits per heavy atom. The van der Waals surface area contributed by atoms with E-state index in [1.807, 2.05) is 54.9 Å². The van der Waals surface area contributed by atoms with Crippen LogP contribution in [0.5, 0.6) is 0 Å². The molecule has 2 rings (SSSR count). The van der Waals surface area contributed by atoms with Gasteiger partial charge in [0.25, 0.3) is 0 Å². The Kier molecular flexibility index (Phi) is 2.95. The van der Waals surface area contributed by atoms with Gasteiger partial charge in [0, 0.05) is 18.0 Å². The van der Waals surface area contributed by atoms with Gasteiger partial charge < -0.3 is 9.77 Å². The first-order valence-electron chi connectivity index (χ1n) is 5.42. The quantitative estimate of drug-likeness (QED) is 0.499. The third kappa shape index (κ3) is 2.06. The van der Waals surface area contributed by atoms with Crippen LogP contribution >= 0.6 is 0 Å². The molecule has 0 amide bonds. The number of hydrogen-bond acceptors (Lipinski definition) is 3. The lowest BCUT2D eigenvalue weighted by Gasteiger charge is -2.27.